The molecule has 0 aliphatic heterocycles. The second kappa shape index (κ2) is 8.61. The monoisotopic (exact) mass is 365 g/mol. The molecular weight excluding hydrogens is 345 g/mol. The molecule has 2 rings (SSSR count). The minimum Gasteiger partial charge on any atom is -0.335 e. The number of benzene rings is 1. The van der Waals surface area contributed by atoms with Gasteiger partial charge in [-0.05, 0) is 37.6 Å². The molecule has 0 bridgehead atoms. The van der Waals surface area contributed by atoms with E-state index < -0.39 is 11.9 Å². The Kier molecular flexibility index (Phi) is 6.51. The summed E-state index contributed by atoms with van der Waals surface area (Å²) in [5, 5.41) is 13.5. The maximum atomic E-state index is 13.0. The van der Waals surface area contributed by atoms with Gasteiger partial charge in [0.05, 0.1) is 5.75 Å². The van der Waals surface area contributed by atoms with Gasteiger partial charge in [0, 0.05) is 18.7 Å². The lowest BCUT2D eigenvalue weighted by atomic mass is 10.2. The number of thioether (sulfide) groups is 1. The van der Waals surface area contributed by atoms with Gasteiger partial charge in [-0.1, -0.05) is 18.7 Å². The molecule has 1 aromatic carbocycles. The molecular formula is C16H20FN5O2S. The van der Waals surface area contributed by atoms with Crippen LogP contribution in [0, 0.1) is 5.82 Å². The fourth-order valence-electron chi connectivity index (χ4n) is 1.95. The Morgan fingerprint density at radius 1 is 1.28 bits per heavy atom. The molecule has 7 nitrogen and oxygen atoms in total. The predicted octanol–water partition coefficient (Wildman–Crippen LogP) is 2.34. The summed E-state index contributed by atoms with van der Waals surface area (Å²) in [6.07, 6.45) is 0.779. The van der Waals surface area contributed by atoms with Crippen LogP contribution in [0.15, 0.2) is 29.4 Å². The number of amides is 3. The van der Waals surface area contributed by atoms with E-state index in [1.54, 1.807) is 23.7 Å². The molecule has 9 heteroatoms. The van der Waals surface area contributed by atoms with E-state index in [9.17, 15) is 14.0 Å². The van der Waals surface area contributed by atoms with Crippen molar-refractivity contribution in [2.45, 2.75) is 31.5 Å². The molecule has 134 valence electrons. The Balaban J connectivity index is 1.92. The van der Waals surface area contributed by atoms with Crippen LogP contribution < -0.4 is 10.6 Å². The Morgan fingerprint density at radius 2 is 1.96 bits per heavy atom. The quantitative estimate of drug-likeness (QED) is 0.767. The van der Waals surface area contributed by atoms with Crippen molar-refractivity contribution in [1.82, 2.24) is 25.4 Å². The Bertz CT molecular complexity index is 747. The largest absolute Gasteiger partial charge is 0.335 e. The lowest BCUT2D eigenvalue weighted by molar-refractivity contribution is -0.117. The molecule has 0 fully saturated rings. The lowest BCUT2D eigenvalue weighted by Gasteiger charge is -2.11. The first-order chi connectivity index (χ1) is 11.9. The van der Waals surface area contributed by atoms with Crippen molar-refractivity contribution >= 4 is 23.7 Å². The number of aromatic nitrogens is 3. The first kappa shape index (κ1) is 18.9. The molecule has 1 atom stereocenters. The maximum absolute atomic E-state index is 13.0. The summed E-state index contributed by atoms with van der Waals surface area (Å²) in [6.45, 7) is 3.80. The zero-order chi connectivity index (χ0) is 18.4. The molecule has 0 spiro atoms. The van der Waals surface area contributed by atoms with Crippen LogP contribution in [0.25, 0.3) is 11.4 Å². The van der Waals surface area contributed by atoms with Crippen LogP contribution >= 0.6 is 11.8 Å². The van der Waals surface area contributed by atoms with Gasteiger partial charge >= 0.3 is 6.03 Å². The Morgan fingerprint density at radius 3 is 2.60 bits per heavy atom. The van der Waals surface area contributed by atoms with Gasteiger partial charge in [-0.25, -0.2) is 9.18 Å². The average Bonchev–Trinajstić information content (AvgIpc) is 2.94. The van der Waals surface area contributed by atoms with Crippen LogP contribution in [0.1, 0.15) is 20.3 Å². The van der Waals surface area contributed by atoms with Gasteiger partial charge in [-0.2, -0.15) is 0 Å². The van der Waals surface area contributed by atoms with E-state index in [-0.39, 0.29) is 17.6 Å². The van der Waals surface area contributed by atoms with E-state index in [0.29, 0.717) is 11.0 Å². The standard InChI is InChI=1S/C16H20FN5O2S/c1-4-10(2)18-15(24)19-13(23)9-25-16-21-20-14(22(16)3)11-5-7-12(17)8-6-11/h5-8,10H,4,9H2,1-3H3,(H2,18,19,23,24)/t10-/m1/s1. The van der Waals surface area contributed by atoms with Crippen LogP contribution in [0.3, 0.4) is 0 Å². The highest BCUT2D eigenvalue weighted by molar-refractivity contribution is 7.99. The molecule has 0 aliphatic rings. The Hall–Kier alpha value is -2.42. The van der Waals surface area contributed by atoms with Crippen molar-refractivity contribution in [1.29, 1.82) is 0 Å². The summed E-state index contributed by atoms with van der Waals surface area (Å²) < 4.78 is 14.7. The first-order valence-electron chi connectivity index (χ1n) is 7.79. The van der Waals surface area contributed by atoms with Gasteiger partial charge in [0.15, 0.2) is 11.0 Å². The smallest absolute Gasteiger partial charge is 0.321 e. The third-order valence-corrected chi connectivity index (χ3v) is 4.53. The third kappa shape index (κ3) is 5.28. The van der Waals surface area contributed by atoms with Crippen LogP contribution in [0.2, 0.25) is 0 Å². The molecule has 0 unspecified atom stereocenters. The van der Waals surface area contributed by atoms with E-state index in [4.69, 9.17) is 0 Å². The van der Waals surface area contributed by atoms with Crippen molar-refractivity contribution in [2.24, 2.45) is 7.05 Å². The van der Waals surface area contributed by atoms with E-state index in [0.717, 1.165) is 23.7 Å². The fraction of sp³-hybridized carbons (Fsp3) is 0.375. The van der Waals surface area contributed by atoms with Gasteiger partial charge in [0.25, 0.3) is 0 Å². The first-order valence-corrected chi connectivity index (χ1v) is 8.77. The summed E-state index contributed by atoms with van der Waals surface area (Å²) >= 11 is 1.16. The number of urea groups is 1. The molecule has 2 N–H and O–H groups in total. The summed E-state index contributed by atoms with van der Waals surface area (Å²) in [6, 6.07) is 5.40. The molecule has 2 aromatic rings. The van der Waals surface area contributed by atoms with Crippen LogP contribution in [-0.2, 0) is 11.8 Å². The van der Waals surface area contributed by atoms with E-state index in [1.807, 2.05) is 13.8 Å². The van der Waals surface area contributed by atoms with Gasteiger partial charge in [0.2, 0.25) is 5.91 Å². The van der Waals surface area contributed by atoms with Crippen molar-refractivity contribution in [3.63, 3.8) is 0 Å². The summed E-state index contributed by atoms with van der Waals surface area (Å²) in [4.78, 5) is 23.4. The van der Waals surface area contributed by atoms with Crippen molar-refractivity contribution in [3.8, 4) is 11.4 Å². The number of halogens is 1. The number of rotatable bonds is 6. The maximum Gasteiger partial charge on any atom is 0.321 e. The summed E-state index contributed by atoms with van der Waals surface area (Å²) in [5.41, 5.74) is 0.723. The van der Waals surface area contributed by atoms with Crippen LogP contribution in [-0.4, -0.2) is 38.5 Å². The number of hydrogen-bond donors (Lipinski definition) is 2. The van der Waals surface area contributed by atoms with Crippen molar-refractivity contribution in [3.05, 3.63) is 30.1 Å². The van der Waals surface area contributed by atoms with E-state index in [1.165, 1.54) is 12.1 Å². The molecule has 0 saturated carbocycles. The molecule has 3 amide bonds. The van der Waals surface area contributed by atoms with E-state index in [2.05, 4.69) is 20.8 Å². The normalized spacial score (nSPS) is 11.8. The SMILES string of the molecule is CC[C@@H](C)NC(=O)NC(=O)CSc1nnc(-c2ccc(F)cc2)n1C. The molecule has 1 heterocycles. The molecule has 25 heavy (non-hydrogen) atoms. The minimum absolute atomic E-state index is 0.00235. The summed E-state index contributed by atoms with van der Waals surface area (Å²) in [5.74, 6) is -0.147. The second-order valence-electron chi connectivity index (χ2n) is 5.49. The second-order valence-corrected chi connectivity index (χ2v) is 6.43. The lowest BCUT2D eigenvalue weighted by Crippen LogP contribution is -2.43. The van der Waals surface area contributed by atoms with Crippen LogP contribution in [0.5, 0.6) is 0 Å². The van der Waals surface area contributed by atoms with Gasteiger partial charge in [-0.15, -0.1) is 10.2 Å². The highest BCUT2D eigenvalue weighted by atomic mass is 32.2. The van der Waals surface area contributed by atoms with Crippen molar-refractivity contribution < 1.29 is 14.0 Å². The number of carbonyl (C=O) groups is 2. The highest BCUT2D eigenvalue weighted by Crippen LogP contribution is 2.22. The number of hydrogen-bond acceptors (Lipinski definition) is 5. The molecule has 0 radical (unpaired) electrons. The number of nitrogens with zero attached hydrogens (tertiary/aromatic N) is 3. The zero-order valence-corrected chi connectivity index (χ0v) is 15.1. The molecule has 1 aromatic heterocycles. The predicted molar refractivity (Wildman–Crippen MR) is 93.5 cm³/mol. The Labute approximate surface area is 149 Å². The molecule has 0 aliphatic carbocycles. The average molecular weight is 365 g/mol. The fourth-order valence-corrected chi connectivity index (χ4v) is 2.66. The number of nitrogens with one attached hydrogen (secondary N) is 2. The van der Waals surface area contributed by atoms with E-state index >= 15 is 0 Å². The molecule has 0 saturated heterocycles. The van der Waals surface area contributed by atoms with Crippen molar-refractivity contribution in [2.75, 3.05) is 5.75 Å². The number of imide groups is 1. The third-order valence-electron chi connectivity index (χ3n) is 3.51. The highest BCUT2D eigenvalue weighted by Gasteiger charge is 2.14. The van der Waals surface area contributed by atoms with Gasteiger partial charge in [0.1, 0.15) is 5.82 Å². The van der Waals surface area contributed by atoms with Gasteiger partial charge < -0.3 is 9.88 Å². The van der Waals surface area contributed by atoms with Gasteiger partial charge in [-0.3, -0.25) is 10.1 Å². The summed E-state index contributed by atoms with van der Waals surface area (Å²) in [7, 11) is 1.76. The topological polar surface area (TPSA) is 88.9 Å². The number of carbonyl (C=O) groups excluding carboxylic acids is 2. The zero-order valence-electron chi connectivity index (χ0n) is 14.2. The van der Waals surface area contributed by atoms with Crippen LogP contribution in [0.4, 0.5) is 9.18 Å². The minimum atomic E-state index is -0.509.